The quantitative estimate of drug-likeness (QED) is 0.892. The van der Waals surface area contributed by atoms with Crippen molar-refractivity contribution in [2.24, 2.45) is 0 Å². The molecule has 1 aromatic heterocycles. The van der Waals surface area contributed by atoms with Gasteiger partial charge in [-0.05, 0) is 44.3 Å². The lowest BCUT2D eigenvalue weighted by molar-refractivity contribution is 0.386. The molecule has 3 rings (SSSR count). The molecule has 124 valence electrons. The normalized spacial score (nSPS) is 16.2. The summed E-state index contributed by atoms with van der Waals surface area (Å²) >= 11 is 1.80. The van der Waals surface area contributed by atoms with Crippen molar-refractivity contribution in [3.8, 4) is 22.9 Å². The Labute approximate surface area is 146 Å². The number of nitrogens with zero attached hydrogens (tertiary/aromatic N) is 3. The average Bonchev–Trinajstić information content (AvgIpc) is 2.89. The lowest BCUT2D eigenvalue weighted by Crippen LogP contribution is -2.11. The Kier molecular flexibility index (Phi) is 4.39. The molecule has 0 fully saturated rings. The molecule has 0 aliphatic carbocycles. The van der Waals surface area contributed by atoms with Gasteiger partial charge in [-0.2, -0.15) is 5.26 Å². The second-order valence-corrected chi connectivity index (χ2v) is 7.59. The highest BCUT2D eigenvalue weighted by Gasteiger charge is 2.28. The monoisotopic (exact) mass is 340 g/mol. The minimum Gasteiger partial charge on any atom is -0.508 e. The largest absolute Gasteiger partial charge is 0.508 e. The van der Waals surface area contributed by atoms with Crippen LogP contribution in [0.1, 0.15) is 34.6 Å². The van der Waals surface area contributed by atoms with Crippen molar-refractivity contribution < 1.29 is 5.11 Å². The highest BCUT2D eigenvalue weighted by Crippen LogP contribution is 2.46. The minimum atomic E-state index is 0.257. The smallest absolute Gasteiger partial charge is 0.142 e. The first-order chi connectivity index (χ1) is 11.4. The second kappa shape index (κ2) is 6.34. The van der Waals surface area contributed by atoms with Crippen LogP contribution in [0.25, 0.3) is 11.1 Å². The van der Waals surface area contributed by atoms with Gasteiger partial charge in [0.1, 0.15) is 23.2 Å². The number of pyridine rings is 1. The van der Waals surface area contributed by atoms with Crippen LogP contribution in [0.2, 0.25) is 0 Å². The van der Waals surface area contributed by atoms with Gasteiger partial charge in [0.05, 0.1) is 5.69 Å². The second-order valence-electron chi connectivity index (χ2n) is 6.26. The average molecular weight is 340 g/mol. The molecule has 3 N–H and O–H groups in total. The van der Waals surface area contributed by atoms with Gasteiger partial charge in [0.2, 0.25) is 0 Å². The van der Waals surface area contributed by atoms with E-state index in [-0.39, 0.29) is 16.8 Å². The van der Waals surface area contributed by atoms with E-state index in [0.717, 1.165) is 33.7 Å². The summed E-state index contributed by atoms with van der Waals surface area (Å²) in [4.78, 5) is 6.45. The van der Waals surface area contributed by atoms with E-state index in [0.29, 0.717) is 12.1 Å². The van der Waals surface area contributed by atoms with Gasteiger partial charge in [0, 0.05) is 28.7 Å². The summed E-state index contributed by atoms with van der Waals surface area (Å²) < 4.78 is 0. The van der Waals surface area contributed by atoms with Gasteiger partial charge in [-0.15, -0.1) is 11.8 Å². The van der Waals surface area contributed by atoms with E-state index in [1.165, 1.54) is 0 Å². The molecule has 0 saturated heterocycles. The number of phenolic OH excluding ortho intramolecular Hbond substituents is 1. The van der Waals surface area contributed by atoms with E-state index in [1.54, 1.807) is 17.8 Å². The molecule has 0 bridgehead atoms. The molecule has 2 aromatic rings. The van der Waals surface area contributed by atoms with Crippen LogP contribution in [0, 0.1) is 11.3 Å². The number of phenols is 1. The number of anilines is 1. The summed E-state index contributed by atoms with van der Waals surface area (Å²) in [5.74, 6) is 1.35. The summed E-state index contributed by atoms with van der Waals surface area (Å²) in [5.41, 5.74) is 11.1. The highest BCUT2D eigenvalue weighted by atomic mass is 32.2. The number of nitrogens with two attached hydrogens (primary N) is 1. The number of nitriles is 1. The molecular weight excluding hydrogens is 320 g/mol. The number of benzene rings is 1. The zero-order valence-corrected chi connectivity index (χ0v) is 14.8. The van der Waals surface area contributed by atoms with Crippen LogP contribution < -0.4 is 5.73 Å². The van der Waals surface area contributed by atoms with Gasteiger partial charge in [0.15, 0.2) is 0 Å². The standard InChI is InChI=1S/C18H20N4OS/c1-10-17-14(9-24-10)16(13(7-19)18(20)21-17)11-4-5-15(23)12(6-11)8-22(2)3/h4-6,10,23H,8-9H2,1-3H3,(H2,20,21). The van der Waals surface area contributed by atoms with Gasteiger partial charge < -0.3 is 15.7 Å². The molecule has 24 heavy (non-hydrogen) atoms. The molecule has 5 nitrogen and oxygen atoms in total. The van der Waals surface area contributed by atoms with E-state index in [9.17, 15) is 10.4 Å². The third-order valence-corrected chi connectivity index (χ3v) is 5.37. The Hall–Kier alpha value is -2.23. The molecule has 2 heterocycles. The number of thioether (sulfide) groups is 1. The van der Waals surface area contributed by atoms with Crippen LogP contribution >= 0.6 is 11.8 Å². The van der Waals surface area contributed by atoms with Gasteiger partial charge in [-0.25, -0.2) is 4.98 Å². The van der Waals surface area contributed by atoms with Crippen molar-refractivity contribution in [3.05, 3.63) is 40.6 Å². The predicted octanol–water partition coefficient (Wildman–Crippen LogP) is 3.28. The molecule has 0 saturated carbocycles. The fourth-order valence-corrected chi connectivity index (χ4v) is 4.13. The Morgan fingerprint density at radius 3 is 2.88 bits per heavy atom. The minimum absolute atomic E-state index is 0.257. The van der Waals surface area contributed by atoms with E-state index in [2.05, 4.69) is 18.0 Å². The Bertz CT molecular complexity index is 842. The number of hydrogen-bond acceptors (Lipinski definition) is 6. The number of rotatable bonds is 3. The van der Waals surface area contributed by atoms with Gasteiger partial charge >= 0.3 is 0 Å². The zero-order valence-electron chi connectivity index (χ0n) is 14.0. The predicted molar refractivity (Wildman–Crippen MR) is 97.6 cm³/mol. The maximum absolute atomic E-state index is 10.1. The molecule has 0 amide bonds. The number of aromatic nitrogens is 1. The maximum atomic E-state index is 10.1. The fourth-order valence-electron chi connectivity index (χ4n) is 3.07. The first-order valence-electron chi connectivity index (χ1n) is 7.73. The highest BCUT2D eigenvalue weighted by molar-refractivity contribution is 7.99. The summed E-state index contributed by atoms with van der Waals surface area (Å²) in [7, 11) is 3.90. The molecule has 1 aliphatic heterocycles. The molecule has 1 atom stereocenters. The van der Waals surface area contributed by atoms with E-state index >= 15 is 0 Å². The number of aromatic hydroxyl groups is 1. The summed E-state index contributed by atoms with van der Waals surface area (Å²) in [5, 5.41) is 20.0. The van der Waals surface area contributed by atoms with Gasteiger partial charge in [-0.3, -0.25) is 0 Å². The first-order valence-corrected chi connectivity index (χ1v) is 8.78. The lowest BCUT2D eigenvalue weighted by Gasteiger charge is -2.16. The lowest BCUT2D eigenvalue weighted by atomic mass is 9.93. The maximum Gasteiger partial charge on any atom is 0.142 e. The number of fused-ring (bicyclic) bond motifs is 1. The van der Waals surface area contributed by atoms with Gasteiger partial charge in [0.25, 0.3) is 0 Å². The van der Waals surface area contributed by atoms with E-state index in [1.807, 2.05) is 31.1 Å². The van der Waals surface area contributed by atoms with Crippen molar-refractivity contribution in [3.63, 3.8) is 0 Å². The number of nitrogen functional groups attached to an aromatic ring is 1. The fraction of sp³-hybridized carbons (Fsp3) is 0.333. The van der Waals surface area contributed by atoms with E-state index < -0.39 is 0 Å². The summed E-state index contributed by atoms with van der Waals surface area (Å²) in [6.07, 6.45) is 0. The summed E-state index contributed by atoms with van der Waals surface area (Å²) in [6.45, 7) is 2.72. The Balaban J connectivity index is 2.23. The number of hydrogen-bond donors (Lipinski definition) is 2. The third kappa shape index (κ3) is 2.81. The van der Waals surface area contributed by atoms with Crippen molar-refractivity contribution in [2.75, 3.05) is 19.8 Å². The van der Waals surface area contributed by atoms with Gasteiger partial charge in [-0.1, -0.05) is 6.07 Å². The molecule has 1 aromatic carbocycles. The zero-order chi connectivity index (χ0) is 17.4. The molecular formula is C18H20N4OS. The third-order valence-electron chi connectivity index (χ3n) is 4.19. The van der Waals surface area contributed by atoms with Crippen molar-refractivity contribution >= 4 is 17.6 Å². The SMILES string of the molecule is CC1SCc2c1nc(N)c(C#N)c2-c1ccc(O)c(CN(C)C)c1. The first kappa shape index (κ1) is 16.6. The molecule has 1 unspecified atom stereocenters. The topological polar surface area (TPSA) is 86.2 Å². The summed E-state index contributed by atoms with van der Waals surface area (Å²) in [6, 6.07) is 7.69. The molecule has 1 aliphatic rings. The van der Waals surface area contributed by atoms with Crippen molar-refractivity contribution in [1.82, 2.24) is 9.88 Å². The molecule has 0 spiro atoms. The Morgan fingerprint density at radius 1 is 1.46 bits per heavy atom. The van der Waals surface area contributed by atoms with Crippen LogP contribution in [0.5, 0.6) is 5.75 Å². The Morgan fingerprint density at radius 2 is 2.21 bits per heavy atom. The molecule has 0 radical (unpaired) electrons. The molecule has 6 heteroatoms. The van der Waals surface area contributed by atoms with Crippen molar-refractivity contribution in [1.29, 1.82) is 5.26 Å². The van der Waals surface area contributed by atoms with Crippen LogP contribution in [-0.4, -0.2) is 29.1 Å². The van der Waals surface area contributed by atoms with Crippen LogP contribution in [0.15, 0.2) is 18.2 Å². The van der Waals surface area contributed by atoms with Crippen LogP contribution in [-0.2, 0) is 12.3 Å². The van der Waals surface area contributed by atoms with Crippen LogP contribution in [0.3, 0.4) is 0 Å². The van der Waals surface area contributed by atoms with Crippen molar-refractivity contribution in [2.45, 2.75) is 24.5 Å². The van der Waals surface area contributed by atoms with Crippen LogP contribution in [0.4, 0.5) is 5.82 Å². The van der Waals surface area contributed by atoms with E-state index in [4.69, 9.17) is 5.73 Å².